The van der Waals surface area contributed by atoms with Gasteiger partial charge < -0.3 is 0 Å². The molecule has 3 nitrogen and oxygen atoms in total. The Labute approximate surface area is 112 Å². The Hall–Kier alpha value is -1.01. The highest BCUT2D eigenvalue weighted by Crippen LogP contribution is 2.43. The Bertz CT molecular complexity index is 597. The average molecular weight is 289 g/mol. The van der Waals surface area contributed by atoms with E-state index in [2.05, 4.69) is 0 Å². The third-order valence-electron chi connectivity index (χ3n) is 3.21. The highest BCUT2D eigenvalue weighted by Gasteiger charge is 2.51. The van der Waals surface area contributed by atoms with Gasteiger partial charge in [-0.3, -0.25) is 0 Å². The maximum Gasteiger partial charge on any atom is 0.219 e. The molecule has 1 unspecified atom stereocenters. The molecule has 0 bridgehead atoms. The van der Waals surface area contributed by atoms with Crippen LogP contribution in [0.4, 0.5) is 8.78 Å². The van der Waals surface area contributed by atoms with Gasteiger partial charge in [-0.05, 0) is 45.4 Å². The van der Waals surface area contributed by atoms with Gasteiger partial charge in [0.25, 0.3) is 0 Å². The van der Waals surface area contributed by atoms with Crippen LogP contribution in [0.1, 0.15) is 37.9 Å². The number of aryl methyl sites for hydroxylation is 1. The summed E-state index contributed by atoms with van der Waals surface area (Å²) in [6.07, 6.45) is 0. The second-order valence-electron chi connectivity index (χ2n) is 5.85. The molecule has 106 valence electrons. The summed E-state index contributed by atoms with van der Waals surface area (Å²) in [5.74, 6) is -1.37. The van der Waals surface area contributed by atoms with E-state index in [1.54, 1.807) is 27.7 Å². The largest absolute Gasteiger partial charge is 0.219 e. The van der Waals surface area contributed by atoms with Crippen molar-refractivity contribution in [3.8, 4) is 0 Å². The molecule has 1 aliphatic heterocycles. The lowest BCUT2D eigenvalue weighted by Crippen LogP contribution is -2.33. The highest BCUT2D eigenvalue weighted by atomic mass is 32.2. The van der Waals surface area contributed by atoms with Gasteiger partial charge in [0.1, 0.15) is 11.6 Å². The first-order valence-electron chi connectivity index (χ1n) is 6.02. The Morgan fingerprint density at radius 2 is 1.68 bits per heavy atom. The van der Waals surface area contributed by atoms with E-state index in [1.807, 2.05) is 0 Å². The van der Waals surface area contributed by atoms with E-state index in [0.29, 0.717) is 5.56 Å². The molecule has 1 fully saturated rings. The van der Waals surface area contributed by atoms with E-state index in [4.69, 9.17) is 0 Å². The summed E-state index contributed by atoms with van der Waals surface area (Å²) in [5.41, 5.74) is 0.322. The molecule has 2 atom stereocenters. The highest BCUT2D eigenvalue weighted by molar-refractivity contribution is 7.90. The monoisotopic (exact) mass is 289 g/mol. The summed E-state index contributed by atoms with van der Waals surface area (Å²) in [5, 5.41) is 0. The lowest BCUT2D eigenvalue weighted by atomic mass is 10.1. The summed E-state index contributed by atoms with van der Waals surface area (Å²) in [6.45, 7) is 6.43. The Morgan fingerprint density at radius 1 is 1.21 bits per heavy atom. The van der Waals surface area contributed by atoms with Crippen LogP contribution in [-0.4, -0.2) is 24.0 Å². The molecule has 2 rings (SSSR count). The molecule has 0 amide bonds. The number of halogens is 2. The summed E-state index contributed by atoms with van der Waals surface area (Å²) in [7, 11) is -3.54. The molecule has 1 aromatic carbocycles. The third-order valence-corrected chi connectivity index (χ3v) is 5.77. The van der Waals surface area contributed by atoms with Gasteiger partial charge in [-0.1, -0.05) is 0 Å². The predicted octanol–water partition coefficient (Wildman–Crippen LogP) is 2.76. The van der Waals surface area contributed by atoms with Crippen molar-refractivity contribution < 1.29 is 17.2 Å². The summed E-state index contributed by atoms with van der Waals surface area (Å²) in [4.78, 5) is 0. The Kier molecular flexibility index (Phi) is 3.22. The van der Waals surface area contributed by atoms with Crippen molar-refractivity contribution in [3.63, 3.8) is 0 Å². The zero-order valence-electron chi connectivity index (χ0n) is 11.4. The summed E-state index contributed by atoms with van der Waals surface area (Å²) < 4.78 is 52.1. The van der Waals surface area contributed by atoms with E-state index in [9.17, 15) is 17.2 Å². The van der Waals surface area contributed by atoms with Gasteiger partial charge in [-0.2, -0.15) is 4.31 Å². The molecule has 0 saturated carbocycles. The predicted molar refractivity (Wildman–Crippen MR) is 69.2 cm³/mol. The van der Waals surface area contributed by atoms with Gasteiger partial charge in [-0.15, -0.1) is 0 Å². The van der Waals surface area contributed by atoms with Crippen LogP contribution in [0.15, 0.2) is 12.1 Å². The normalized spacial score (nSPS) is 23.5. The van der Waals surface area contributed by atoms with Crippen LogP contribution in [0.2, 0.25) is 0 Å². The molecule has 0 spiro atoms. The molecule has 0 N–H and O–H groups in total. The molecule has 0 radical (unpaired) electrons. The van der Waals surface area contributed by atoms with Crippen LogP contribution in [0.3, 0.4) is 0 Å². The summed E-state index contributed by atoms with van der Waals surface area (Å²) >= 11 is 0. The van der Waals surface area contributed by atoms with Crippen molar-refractivity contribution in [2.45, 2.75) is 38.5 Å². The van der Waals surface area contributed by atoms with Crippen LogP contribution in [0.25, 0.3) is 0 Å². The first-order chi connectivity index (χ1) is 8.55. The summed E-state index contributed by atoms with van der Waals surface area (Å²) in [6, 6.07) is 1.72. The molecule has 19 heavy (non-hydrogen) atoms. The molecule has 1 aromatic rings. The van der Waals surface area contributed by atoms with Gasteiger partial charge in [0, 0.05) is 12.1 Å². The van der Waals surface area contributed by atoms with Crippen molar-refractivity contribution >= 4 is 10.0 Å². The zero-order valence-corrected chi connectivity index (χ0v) is 12.2. The number of nitrogens with zero attached hydrogens (tertiary/aromatic N) is 1. The zero-order chi connectivity index (χ0) is 14.6. The van der Waals surface area contributed by atoms with Crippen LogP contribution >= 0.6 is 0 Å². The number of benzene rings is 1. The van der Waals surface area contributed by atoms with E-state index >= 15 is 0 Å². The maximum atomic E-state index is 13.8. The minimum atomic E-state index is -3.54. The topological polar surface area (TPSA) is 37.1 Å². The Balaban J connectivity index is 2.36. The van der Waals surface area contributed by atoms with Crippen molar-refractivity contribution in [1.29, 1.82) is 0 Å². The van der Waals surface area contributed by atoms with Crippen LogP contribution in [0, 0.1) is 18.6 Å². The fourth-order valence-electron chi connectivity index (χ4n) is 2.01. The molecule has 6 heteroatoms. The van der Waals surface area contributed by atoms with Gasteiger partial charge >= 0.3 is 0 Å². The Morgan fingerprint density at radius 3 is 2.11 bits per heavy atom. The van der Waals surface area contributed by atoms with Crippen LogP contribution in [0.5, 0.6) is 0 Å². The second-order valence-corrected chi connectivity index (χ2v) is 8.49. The van der Waals surface area contributed by atoms with Crippen LogP contribution in [-0.2, 0) is 10.0 Å². The van der Waals surface area contributed by atoms with E-state index in [1.165, 1.54) is 12.1 Å². The number of hydrogen-bond acceptors (Lipinski definition) is 2. The van der Waals surface area contributed by atoms with Gasteiger partial charge in [0.05, 0.1) is 10.8 Å². The van der Waals surface area contributed by atoms with Crippen LogP contribution < -0.4 is 0 Å². The lowest BCUT2D eigenvalue weighted by molar-refractivity contribution is 0.506. The van der Waals surface area contributed by atoms with E-state index in [-0.39, 0.29) is 12.1 Å². The van der Waals surface area contributed by atoms with Gasteiger partial charge in [0.2, 0.25) is 10.0 Å². The fraction of sp³-hybridized carbons (Fsp3) is 0.538. The van der Waals surface area contributed by atoms with Crippen molar-refractivity contribution in [2.75, 3.05) is 6.54 Å². The van der Waals surface area contributed by atoms with Crippen molar-refractivity contribution in [1.82, 2.24) is 4.31 Å². The molecular weight excluding hydrogens is 272 g/mol. The number of hydrogen-bond donors (Lipinski definition) is 0. The molecular formula is C13H17F2NO2S. The van der Waals surface area contributed by atoms with Gasteiger partial charge in [-0.25, -0.2) is 17.2 Å². The van der Waals surface area contributed by atoms with Crippen molar-refractivity contribution in [2.24, 2.45) is 0 Å². The minimum Gasteiger partial charge on any atom is -0.212 e. The third kappa shape index (κ3) is 2.39. The molecule has 1 aliphatic rings. The molecule has 1 heterocycles. The maximum absolute atomic E-state index is 13.8. The quantitative estimate of drug-likeness (QED) is 0.785. The van der Waals surface area contributed by atoms with E-state index < -0.39 is 32.4 Å². The average Bonchev–Trinajstić information content (AvgIpc) is 2.94. The lowest BCUT2D eigenvalue weighted by Gasteiger charge is -2.20. The SMILES string of the molecule is Cc1cc(F)c([C@H]2CN2S(=O)(=O)C(C)(C)C)c(F)c1. The van der Waals surface area contributed by atoms with Crippen molar-refractivity contribution in [3.05, 3.63) is 34.9 Å². The number of sulfonamides is 1. The fourth-order valence-corrected chi connectivity index (χ4v) is 3.49. The standard InChI is InChI=1S/C13H17F2NO2S/c1-8-5-9(14)12(10(15)6-8)11-7-16(11)19(17,18)13(2,3)4/h5-6,11H,7H2,1-4H3/t11-,16?/m1/s1. The second kappa shape index (κ2) is 4.24. The minimum absolute atomic E-state index is 0.135. The first-order valence-corrected chi connectivity index (χ1v) is 7.46. The smallest absolute Gasteiger partial charge is 0.212 e. The molecule has 1 saturated heterocycles. The molecule has 0 aliphatic carbocycles. The van der Waals surface area contributed by atoms with Gasteiger partial charge in [0.15, 0.2) is 0 Å². The first kappa shape index (κ1) is 14.4. The van der Waals surface area contributed by atoms with E-state index in [0.717, 1.165) is 4.31 Å². The number of rotatable bonds is 2. The molecule has 0 aromatic heterocycles.